The van der Waals surface area contributed by atoms with Gasteiger partial charge < -0.3 is 0 Å². The van der Waals surface area contributed by atoms with Crippen LogP contribution in [0, 0.1) is 0 Å². The summed E-state index contributed by atoms with van der Waals surface area (Å²) in [7, 11) is 0. The van der Waals surface area contributed by atoms with E-state index in [1.807, 2.05) is 30.3 Å². The summed E-state index contributed by atoms with van der Waals surface area (Å²) in [5.41, 5.74) is 3.04. The Bertz CT molecular complexity index is 424. The van der Waals surface area contributed by atoms with Gasteiger partial charge in [0.1, 0.15) is 0 Å². The maximum absolute atomic E-state index is 4.57. The van der Waals surface area contributed by atoms with Crippen molar-refractivity contribution < 1.29 is 0 Å². The zero-order valence-corrected chi connectivity index (χ0v) is 8.85. The molecule has 0 saturated carbocycles. The van der Waals surface area contributed by atoms with E-state index in [0.717, 1.165) is 29.9 Å². The zero-order valence-electron chi connectivity index (χ0n) is 8.85. The SMILES string of the molecule is CCCc1cccc(-c2ccccn2)n1. The van der Waals surface area contributed by atoms with Gasteiger partial charge in [0.25, 0.3) is 0 Å². The first kappa shape index (κ1) is 9.84. The van der Waals surface area contributed by atoms with Gasteiger partial charge in [-0.3, -0.25) is 9.97 Å². The van der Waals surface area contributed by atoms with Gasteiger partial charge in [0.2, 0.25) is 0 Å². The lowest BCUT2D eigenvalue weighted by Gasteiger charge is -2.02. The first-order valence-electron chi connectivity index (χ1n) is 5.27. The van der Waals surface area contributed by atoms with E-state index in [1.165, 1.54) is 0 Å². The molecule has 76 valence electrons. The number of pyridine rings is 2. The molecule has 0 aromatic carbocycles. The van der Waals surface area contributed by atoms with Crippen molar-refractivity contribution in [2.75, 3.05) is 0 Å². The summed E-state index contributed by atoms with van der Waals surface area (Å²) in [5, 5.41) is 0. The van der Waals surface area contributed by atoms with Crippen LogP contribution in [0.25, 0.3) is 11.4 Å². The molecular weight excluding hydrogens is 184 g/mol. The molecule has 2 aromatic rings. The van der Waals surface area contributed by atoms with Crippen molar-refractivity contribution in [1.29, 1.82) is 0 Å². The highest BCUT2D eigenvalue weighted by molar-refractivity contribution is 5.53. The molecule has 0 aliphatic heterocycles. The summed E-state index contributed by atoms with van der Waals surface area (Å²) in [6.45, 7) is 2.16. The van der Waals surface area contributed by atoms with E-state index < -0.39 is 0 Å². The molecule has 0 unspecified atom stereocenters. The van der Waals surface area contributed by atoms with Gasteiger partial charge in [-0.05, 0) is 30.7 Å². The Morgan fingerprint density at radius 3 is 2.60 bits per heavy atom. The number of hydrogen-bond acceptors (Lipinski definition) is 2. The van der Waals surface area contributed by atoms with Gasteiger partial charge in [-0.1, -0.05) is 25.5 Å². The lowest BCUT2D eigenvalue weighted by molar-refractivity contribution is 0.883. The Balaban J connectivity index is 2.33. The number of aromatic nitrogens is 2. The van der Waals surface area contributed by atoms with Gasteiger partial charge in [-0.2, -0.15) is 0 Å². The Labute approximate surface area is 90.0 Å². The summed E-state index contributed by atoms with van der Waals surface area (Å²) >= 11 is 0. The second-order valence-corrected chi connectivity index (χ2v) is 3.48. The van der Waals surface area contributed by atoms with E-state index in [9.17, 15) is 0 Å². The quantitative estimate of drug-likeness (QED) is 0.757. The van der Waals surface area contributed by atoms with Gasteiger partial charge in [-0.25, -0.2) is 0 Å². The molecule has 0 spiro atoms. The average Bonchev–Trinajstić information content (AvgIpc) is 2.31. The topological polar surface area (TPSA) is 25.8 Å². The van der Waals surface area contributed by atoms with Crippen LogP contribution in [0.5, 0.6) is 0 Å². The normalized spacial score (nSPS) is 10.2. The minimum Gasteiger partial charge on any atom is -0.255 e. The second-order valence-electron chi connectivity index (χ2n) is 3.48. The molecule has 2 aromatic heterocycles. The van der Waals surface area contributed by atoms with Crippen LogP contribution in [0.4, 0.5) is 0 Å². The third-order valence-corrected chi connectivity index (χ3v) is 2.24. The van der Waals surface area contributed by atoms with Crippen molar-refractivity contribution in [3.05, 3.63) is 48.3 Å². The fourth-order valence-electron chi connectivity index (χ4n) is 1.53. The largest absolute Gasteiger partial charge is 0.255 e. The highest BCUT2D eigenvalue weighted by Crippen LogP contribution is 2.14. The molecule has 0 bridgehead atoms. The second kappa shape index (κ2) is 4.69. The third kappa shape index (κ3) is 2.40. The molecule has 0 aliphatic rings. The molecule has 0 aliphatic carbocycles. The van der Waals surface area contributed by atoms with Crippen LogP contribution in [0.2, 0.25) is 0 Å². The maximum atomic E-state index is 4.57. The number of hydrogen-bond donors (Lipinski definition) is 0. The van der Waals surface area contributed by atoms with Gasteiger partial charge in [0.15, 0.2) is 0 Å². The van der Waals surface area contributed by atoms with E-state index in [1.54, 1.807) is 6.20 Å². The van der Waals surface area contributed by atoms with Gasteiger partial charge >= 0.3 is 0 Å². The third-order valence-electron chi connectivity index (χ3n) is 2.24. The van der Waals surface area contributed by atoms with E-state index in [4.69, 9.17) is 0 Å². The van der Waals surface area contributed by atoms with Crippen molar-refractivity contribution >= 4 is 0 Å². The molecule has 2 heteroatoms. The summed E-state index contributed by atoms with van der Waals surface area (Å²) in [6, 6.07) is 12.0. The number of rotatable bonds is 3. The lowest BCUT2D eigenvalue weighted by Crippen LogP contribution is -1.92. The molecule has 15 heavy (non-hydrogen) atoms. The summed E-state index contributed by atoms with van der Waals surface area (Å²) < 4.78 is 0. The molecule has 0 atom stereocenters. The predicted molar refractivity (Wildman–Crippen MR) is 61.5 cm³/mol. The number of nitrogens with zero attached hydrogens (tertiary/aromatic N) is 2. The summed E-state index contributed by atoms with van der Waals surface area (Å²) in [5.74, 6) is 0. The predicted octanol–water partition coefficient (Wildman–Crippen LogP) is 3.10. The molecule has 0 saturated heterocycles. The lowest BCUT2D eigenvalue weighted by atomic mass is 10.2. The minimum absolute atomic E-state index is 0.940. The van der Waals surface area contributed by atoms with Crippen molar-refractivity contribution in [3.63, 3.8) is 0 Å². The monoisotopic (exact) mass is 198 g/mol. The maximum Gasteiger partial charge on any atom is 0.0889 e. The first-order chi connectivity index (χ1) is 7.40. The van der Waals surface area contributed by atoms with Crippen LogP contribution in [-0.4, -0.2) is 9.97 Å². The molecule has 0 N–H and O–H groups in total. The minimum atomic E-state index is 0.940. The first-order valence-corrected chi connectivity index (χ1v) is 5.27. The fourth-order valence-corrected chi connectivity index (χ4v) is 1.53. The van der Waals surface area contributed by atoms with Crippen LogP contribution in [0.15, 0.2) is 42.6 Å². The Morgan fingerprint density at radius 1 is 1.00 bits per heavy atom. The molecule has 0 radical (unpaired) electrons. The van der Waals surface area contributed by atoms with Crippen molar-refractivity contribution in [1.82, 2.24) is 9.97 Å². The highest BCUT2D eigenvalue weighted by atomic mass is 14.8. The average molecular weight is 198 g/mol. The smallest absolute Gasteiger partial charge is 0.0889 e. The molecule has 0 amide bonds. The van der Waals surface area contributed by atoms with Crippen LogP contribution in [0.3, 0.4) is 0 Å². The Kier molecular flexibility index (Phi) is 3.08. The fraction of sp³-hybridized carbons (Fsp3) is 0.231. The van der Waals surface area contributed by atoms with Crippen LogP contribution in [-0.2, 0) is 6.42 Å². The van der Waals surface area contributed by atoms with Crippen molar-refractivity contribution in [3.8, 4) is 11.4 Å². The van der Waals surface area contributed by atoms with Crippen molar-refractivity contribution in [2.24, 2.45) is 0 Å². The van der Waals surface area contributed by atoms with Gasteiger partial charge in [-0.15, -0.1) is 0 Å². The van der Waals surface area contributed by atoms with Crippen molar-refractivity contribution in [2.45, 2.75) is 19.8 Å². The van der Waals surface area contributed by atoms with E-state index >= 15 is 0 Å². The van der Waals surface area contributed by atoms with Gasteiger partial charge in [0.05, 0.1) is 11.4 Å². The Morgan fingerprint density at radius 2 is 1.87 bits per heavy atom. The van der Waals surface area contributed by atoms with E-state index in [-0.39, 0.29) is 0 Å². The van der Waals surface area contributed by atoms with E-state index in [0.29, 0.717) is 0 Å². The van der Waals surface area contributed by atoms with Crippen LogP contribution >= 0.6 is 0 Å². The molecule has 2 nitrogen and oxygen atoms in total. The van der Waals surface area contributed by atoms with E-state index in [2.05, 4.69) is 23.0 Å². The molecular formula is C13H14N2. The standard InChI is InChI=1S/C13H14N2/c1-2-6-11-7-5-9-13(15-11)12-8-3-4-10-14-12/h3-5,7-10H,2,6H2,1H3. The molecule has 2 heterocycles. The number of aryl methyl sites for hydroxylation is 1. The summed E-state index contributed by atoms with van der Waals surface area (Å²) in [6.07, 6.45) is 3.95. The molecule has 2 rings (SSSR count). The summed E-state index contributed by atoms with van der Waals surface area (Å²) in [4.78, 5) is 8.86. The van der Waals surface area contributed by atoms with Crippen LogP contribution in [0.1, 0.15) is 19.0 Å². The van der Waals surface area contributed by atoms with Crippen LogP contribution < -0.4 is 0 Å². The van der Waals surface area contributed by atoms with Gasteiger partial charge in [0, 0.05) is 11.9 Å². The molecule has 0 fully saturated rings. The highest BCUT2D eigenvalue weighted by Gasteiger charge is 2.00. The Hall–Kier alpha value is -1.70. The zero-order chi connectivity index (χ0) is 10.5.